The molecule has 0 aromatic heterocycles. The van der Waals surface area contributed by atoms with Crippen LogP contribution in [0.25, 0.3) is 0 Å². The monoisotopic (exact) mass is 177 g/mol. The highest BCUT2D eigenvalue weighted by atomic mass is 16.3. The first-order valence-electron chi connectivity index (χ1n) is 4.27. The largest absolute Gasteiger partial charge is 0.396 e. The van der Waals surface area contributed by atoms with Crippen LogP contribution >= 0.6 is 0 Å². The highest BCUT2D eigenvalue weighted by Gasteiger charge is 2.26. The molecular formula is C8H19NO3. The highest BCUT2D eigenvalue weighted by Crippen LogP contribution is 2.26. The zero-order chi connectivity index (χ0) is 9.45. The first kappa shape index (κ1) is 11.8. The molecule has 0 atom stereocenters. The Morgan fingerprint density at radius 1 is 1.00 bits per heavy atom. The van der Waals surface area contributed by atoms with Gasteiger partial charge >= 0.3 is 0 Å². The average Bonchev–Trinajstić information content (AvgIpc) is 2.13. The number of hydrogen-bond donors (Lipinski definition) is 4. The summed E-state index contributed by atoms with van der Waals surface area (Å²) < 4.78 is 0. The average molecular weight is 177 g/mol. The molecule has 4 heteroatoms. The zero-order valence-corrected chi connectivity index (χ0v) is 7.37. The molecule has 4 nitrogen and oxygen atoms in total. The lowest BCUT2D eigenvalue weighted by Crippen LogP contribution is -2.32. The Balaban J connectivity index is 3.95. The maximum Gasteiger partial charge on any atom is 0.0509 e. The van der Waals surface area contributed by atoms with Crippen LogP contribution in [-0.4, -0.2) is 41.7 Å². The van der Waals surface area contributed by atoms with E-state index >= 15 is 0 Å². The van der Waals surface area contributed by atoms with E-state index in [-0.39, 0.29) is 19.8 Å². The molecule has 0 aliphatic carbocycles. The Hall–Kier alpha value is -0.160. The molecule has 0 aliphatic rings. The molecule has 0 aromatic carbocycles. The molecule has 0 saturated heterocycles. The van der Waals surface area contributed by atoms with Crippen molar-refractivity contribution in [3.63, 3.8) is 0 Å². The summed E-state index contributed by atoms with van der Waals surface area (Å²) in [6.45, 7) is 0.403. The summed E-state index contributed by atoms with van der Waals surface area (Å²) in [5, 5.41) is 26.7. The second kappa shape index (κ2) is 6.37. The molecule has 0 aliphatic heterocycles. The molecule has 0 bridgehead atoms. The summed E-state index contributed by atoms with van der Waals surface area (Å²) >= 11 is 0. The Labute approximate surface area is 73.0 Å². The summed E-state index contributed by atoms with van der Waals surface area (Å²) in [6.07, 6.45) is 1.81. The second-order valence-electron chi connectivity index (χ2n) is 3.18. The minimum atomic E-state index is -0.489. The first-order valence-corrected chi connectivity index (χ1v) is 4.27. The maximum atomic E-state index is 9.04. The van der Waals surface area contributed by atoms with Crippen LogP contribution in [0.4, 0.5) is 0 Å². The van der Waals surface area contributed by atoms with Crippen molar-refractivity contribution in [1.29, 1.82) is 0 Å². The van der Waals surface area contributed by atoms with Gasteiger partial charge in [-0.05, 0) is 25.8 Å². The third-order valence-corrected chi connectivity index (χ3v) is 2.21. The molecule has 0 rings (SSSR count). The summed E-state index contributed by atoms with van der Waals surface area (Å²) in [7, 11) is 0. The third-order valence-electron chi connectivity index (χ3n) is 2.21. The molecule has 12 heavy (non-hydrogen) atoms. The highest BCUT2D eigenvalue weighted by molar-refractivity contribution is 4.77. The number of aliphatic hydroxyl groups is 3. The van der Waals surface area contributed by atoms with Gasteiger partial charge in [0.25, 0.3) is 0 Å². The van der Waals surface area contributed by atoms with Gasteiger partial charge in [0.1, 0.15) is 0 Å². The lowest BCUT2D eigenvalue weighted by atomic mass is 9.82. The number of nitrogens with two attached hydrogens (primary N) is 1. The van der Waals surface area contributed by atoms with E-state index in [9.17, 15) is 0 Å². The minimum Gasteiger partial charge on any atom is -0.396 e. The molecule has 0 radical (unpaired) electrons. The van der Waals surface area contributed by atoms with Gasteiger partial charge in [-0.1, -0.05) is 0 Å². The van der Waals surface area contributed by atoms with Crippen LogP contribution in [0.3, 0.4) is 0 Å². The lowest BCUT2D eigenvalue weighted by molar-refractivity contribution is 0.0363. The van der Waals surface area contributed by atoms with Gasteiger partial charge in [0.05, 0.1) is 13.2 Å². The number of rotatable bonds is 7. The Morgan fingerprint density at radius 3 is 1.92 bits per heavy atom. The first-order chi connectivity index (χ1) is 5.74. The van der Waals surface area contributed by atoms with E-state index < -0.39 is 5.41 Å². The minimum absolute atomic E-state index is 0.0688. The van der Waals surface area contributed by atoms with Crippen LogP contribution in [0.5, 0.6) is 0 Å². The van der Waals surface area contributed by atoms with Crippen molar-refractivity contribution in [3.8, 4) is 0 Å². The zero-order valence-electron chi connectivity index (χ0n) is 7.37. The molecule has 5 N–H and O–H groups in total. The van der Waals surface area contributed by atoms with Gasteiger partial charge in [-0.3, -0.25) is 0 Å². The van der Waals surface area contributed by atoms with Crippen LogP contribution in [0, 0.1) is 5.41 Å². The van der Waals surface area contributed by atoms with Crippen molar-refractivity contribution in [2.24, 2.45) is 11.1 Å². The Kier molecular flexibility index (Phi) is 6.28. The van der Waals surface area contributed by atoms with Gasteiger partial charge in [0.15, 0.2) is 0 Å². The fourth-order valence-electron chi connectivity index (χ4n) is 1.25. The summed E-state index contributed by atoms with van der Waals surface area (Å²) in [6, 6.07) is 0. The van der Waals surface area contributed by atoms with Crippen molar-refractivity contribution >= 4 is 0 Å². The standard InChI is InChI=1S/C8H19NO3/c9-4-3-8(6-11,7-12)2-1-5-10/h10-12H,1-7,9H2. The van der Waals surface area contributed by atoms with Crippen molar-refractivity contribution in [3.05, 3.63) is 0 Å². The lowest BCUT2D eigenvalue weighted by Gasteiger charge is -2.28. The van der Waals surface area contributed by atoms with Crippen LogP contribution in [-0.2, 0) is 0 Å². The van der Waals surface area contributed by atoms with E-state index in [1.807, 2.05) is 0 Å². The number of hydrogen-bond acceptors (Lipinski definition) is 4. The molecule has 74 valence electrons. The molecule has 0 spiro atoms. The van der Waals surface area contributed by atoms with E-state index in [4.69, 9.17) is 21.1 Å². The maximum absolute atomic E-state index is 9.04. The molecule has 0 heterocycles. The van der Waals surface area contributed by atoms with Gasteiger partial charge < -0.3 is 21.1 Å². The summed E-state index contributed by atoms with van der Waals surface area (Å²) in [5.74, 6) is 0. The van der Waals surface area contributed by atoms with Gasteiger partial charge in [-0.25, -0.2) is 0 Å². The molecular weight excluding hydrogens is 158 g/mol. The van der Waals surface area contributed by atoms with Gasteiger partial charge in [0, 0.05) is 12.0 Å². The predicted molar refractivity (Wildman–Crippen MR) is 46.6 cm³/mol. The molecule has 0 saturated carbocycles. The van der Waals surface area contributed by atoms with E-state index in [2.05, 4.69) is 0 Å². The number of aliphatic hydroxyl groups excluding tert-OH is 3. The SMILES string of the molecule is NCCC(CO)(CO)CCCO. The fraction of sp³-hybridized carbons (Fsp3) is 1.00. The second-order valence-corrected chi connectivity index (χ2v) is 3.18. The molecule has 0 amide bonds. The van der Waals surface area contributed by atoms with Crippen molar-refractivity contribution in [1.82, 2.24) is 0 Å². The van der Waals surface area contributed by atoms with Crippen molar-refractivity contribution < 1.29 is 15.3 Å². The molecule has 0 aromatic rings. The summed E-state index contributed by atoms with van der Waals surface area (Å²) in [5.41, 5.74) is 4.86. The van der Waals surface area contributed by atoms with Gasteiger partial charge in [0.2, 0.25) is 0 Å². The normalized spacial score (nSPS) is 12.0. The molecule has 0 unspecified atom stereocenters. The van der Waals surface area contributed by atoms with E-state index in [1.54, 1.807) is 0 Å². The van der Waals surface area contributed by atoms with Gasteiger partial charge in [-0.2, -0.15) is 0 Å². The summed E-state index contributed by atoms with van der Waals surface area (Å²) in [4.78, 5) is 0. The predicted octanol–water partition coefficient (Wildman–Crippen LogP) is -0.921. The topological polar surface area (TPSA) is 86.7 Å². The Bertz CT molecular complexity index is 104. The van der Waals surface area contributed by atoms with Crippen LogP contribution in [0.15, 0.2) is 0 Å². The molecule has 0 fully saturated rings. The van der Waals surface area contributed by atoms with Crippen LogP contribution in [0.2, 0.25) is 0 Å². The van der Waals surface area contributed by atoms with E-state index in [1.165, 1.54) is 0 Å². The third kappa shape index (κ3) is 3.49. The fourth-order valence-corrected chi connectivity index (χ4v) is 1.25. The van der Waals surface area contributed by atoms with E-state index in [0.29, 0.717) is 25.8 Å². The van der Waals surface area contributed by atoms with Crippen LogP contribution in [0.1, 0.15) is 19.3 Å². The van der Waals surface area contributed by atoms with Crippen molar-refractivity contribution in [2.45, 2.75) is 19.3 Å². The smallest absolute Gasteiger partial charge is 0.0509 e. The Morgan fingerprint density at radius 2 is 1.58 bits per heavy atom. The quantitative estimate of drug-likeness (QED) is 0.405. The van der Waals surface area contributed by atoms with Gasteiger partial charge in [-0.15, -0.1) is 0 Å². The van der Waals surface area contributed by atoms with Crippen LogP contribution < -0.4 is 5.73 Å². The van der Waals surface area contributed by atoms with Crippen molar-refractivity contribution in [2.75, 3.05) is 26.4 Å². The van der Waals surface area contributed by atoms with E-state index in [0.717, 1.165) is 0 Å².